The van der Waals surface area contributed by atoms with E-state index in [1.165, 1.54) is 19.1 Å². The van der Waals surface area contributed by atoms with Crippen LogP contribution in [-0.2, 0) is 22.2 Å². The molecule has 0 aromatic heterocycles. The summed E-state index contributed by atoms with van der Waals surface area (Å²) in [4.78, 5) is 22.9. The van der Waals surface area contributed by atoms with Crippen molar-refractivity contribution in [3.8, 4) is 0 Å². The molecule has 0 saturated carbocycles. The van der Waals surface area contributed by atoms with Crippen LogP contribution in [0, 0.1) is 0 Å². The Labute approximate surface area is 120 Å². The van der Waals surface area contributed by atoms with E-state index in [-0.39, 0.29) is 18.4 Å². The van der Waals surface area contributed by atoms with E-state index in [2.05, 4.69) is 5.32 Å². The number of aliphatic carboxylic acids is 1. The molecule has 0 spiro atoms. The number of nitrogens with one attached hydrogen (secondary N) is 1. The lowest BCUT2D eigenvalue weighted by atomic mass is 9.98. The van der Waals surface area contributed by atoms with E-state index in [1.807, 2.05) is 0 Å². The van der Waals surface area contributed by atoms with Crippen LogP contribution in [0.4, 0.5) is 13.2 Å². The van der Waals surface area contributed by atoms with Crippen LogP contribution in [0.1, 0.15) is 31.4 Å². The summed E-state index contributed by atoms with van der Waals surface area (Å²) in [7, 11) is 0. The lowest BCUT2D eigenvalue weighted by Gasteiger charge is -2.24. The van der Waals surface area contributed by atoms with Gasteiger partial charge in [-0.2, -0.15) is 13.2 Å². The van der Waals surface area contributed by atoms with Gasteiger partial charge in [-0.05, 0) is 25.0 Å². The van der Waals surface area contributed by atoms with Crippen molar-refractivity contribution in [1.29, 1.82) is 0 Å². The fourth-order valence-electron chi connectivity index (χ4n) is 1.69. The van der Waals surface area contributed by atoms with Crippen molar-refractivity contribution < 1.29 is 27.9 Å². The topological polar surface area (TPSA) is 66.4 Å². The largest absolute Gasteiger partial charge is 0.480 e. The molecule has 0 aliphatic carbocycles. The first-order valence-electron chi connectivity index (χ1n) is 6.29. The summed E-state index contributed by atoms with van der Waals surface area (Å²) in [5, 5.41) is 11.4. The van der Waals surface area contributed by atoms with Gasteiger partial charge in [0, 0.05) is 0 Å². The number of benzene rings is 1. The first-order valence-corrected chi connectivity index (χ1v) is 6.29. The van der Waals surface area contributed by atoms with Crippen molar-refractivity contribution in [3.63, 3.8) is 0 Å². The van der Waals surface area contributed by atoms with Crippen LogP contribution in [0.15, 0.2) is 24.3 Å². The SMILES string of the molecule is CCC(C)(NC(=O)Cc1cccc(C(F)(F)F)c1)C(=O)O. The number of hydrogen-bond donors (Lipinski definition) is 2. The zero-order chi connectivity index (χ0) is 16.3. The molecular weight excluding hydrogens is 287 g/mol. The number of halogens is 3. The number of carbonyl (C=O) groups is 2. The van der Waals surface area contributed by atoms with E-state index >= 15 is 0 Å². The van der Waals surface area contributed by atoms with E-state index < -0.39 is 29.2 Å². The average molecular weight is 303 g/mol. The van der Waals surface area contributed by atoms with Crippen molar-refractivity contribution >= 4 is 11.9 Å². The second kappa shape index (κ2) is 6.15. The maximum atomic E-state index is 12.6. The Morgan fingerprint density at radius 1 is 1.29 bits per heavy atom. The Morgan fingerprint density at radius 3 is 2.38 bits per heavy atom. The summed E-state index contributed by atoms with van der Waals surface area (Å²) in [5.41, 5.74) is -2.10. The van der Waals surface area contributed by atoms with Crippen molar-refractivity contribution in [2.24, 2.45) is 0 Å². The van der Waals surface area contributed by atoms with Gasteiger partial charge in [-0.25, -0.2) is 4.79 Å². The Hall–Kier alpha value is -2.05. The maximum Gasteiger partial charge on any atom is 0.416 e. The molecule has 0 bridgehead atoms. The molecule has 1 rings (SSSR count). The van der Waals surface area contributed by atoms with E-state index in [9.17, 15) is 22.8 Å². The highest BCUT2D eigenvalue weighted by molar-refractivity contribution is 5.87. The van der Waals surface area contributed by atoms with Crippen molar-refractivity contribution in [2.45, 2.75) is 38.4 Å². The molecule has 2 N–H and O–H groups in total. The number of alkyl halides is 3. The zero-order valence-corrected chi connectivity index (χ0v) is 11.6. The van der Waals surface area contributed by atoms with Crippen molar-refractivity contribution in [1.82, 2.24) is 5.32 Å². The third-order valence-electron chi connectivity index (χ3n) is 3.21. The highest BCUT2D eigenvalue weighted by Crippen LogP contribution is 2.29. The number of carboxylic acids is 1. The fraction of sp³-hybridized carbons (Fsp3) is 0.429. The zero-order valence-electron chi connectivity index (χ0n) is 11.6. The van der Waals surface area contributed by atoms with E-state index in [0.717, 1.165) is 12.1 Å². The number of amides is 1. The molecule has 21 heavy (non-hydrogen) atoms. The van der Waals surface area contributed by atoms with Crippen LogP contribution in [0.25, 0.3) is 0 Å². The number of hydrogen-bond acceptors (Lipinski definition) is 2. The monoisotopic (exact) mass is 303 g/mol. The quantitative estimate of drug-likeness (QED) is 0.878. The summed E-state index contributed by atoms with van der Waals surface area (Å²) in [6, 6.07) is 4.39. The Kier molecular flexibility index (Phi) is 4.98. The van der Waals surface area contributed by atoms with E-state index in [4.69, 9.17) is 5.11 Å². The normalized spacial score (nSPS) is 14.3. The molecular formula is C14H16F3NO3. The Bertz CT molecular complexity index is 543. The third kappa shape index (κ3) is 4.47. The van der Waals surface area contributed by atoms with Gasteiger partial charge in [0.05, 0.1) is 12.0 Å². The van der Waals surface area contributed by atoms with Gasteiger partial charge in [0.15, 0.2) is 0 Å². The minimum Gasteiger partial charge on any atom is -0.480 e. The molecule has 1 atom stereocenters. The minimum absolute atomic E-state index is 0.163. The van der Waals surface area contributed by atoms with Crippen LogP contribution in [-0.4, -0.2) is 22.5 Å². The number of rotatable bonds is 5. The van der Waals surface area contributed by atoms with Gasteiger partial charge in [-0.1, -0.05) is 25.1 Å². The van der Waals surface area contributed by atoms with Crippen LogP contribution < -0.4 is 5.32 Å². The van der Waals surface area contributed by atoms with Gasteiger partial charge >= 0.3 is 12.1 Å². The summed E-state index contributed by atoms with van der Waals surface area (Å²) in [5.74, 6) is -1.83. The second-order valence-electron chi connectivity index (χ2n) is 4.91. The molecule has 0 aliphatic rings. The molecule has 1 amide bonds. The first kappa shape index (κ1) is 17.0. The maximum absolute atomic E-state index is 12.6. The molecule has 0 heterocycles. The van der Waals surface area contributed by atoms with E-state index in [1.54, 1.807) is 6.92 Å². The summed E-state index contributed by atoms with van der Waals surface area (Å²) in [6.45, 7) is 2.94. The van der Waals surface area contributed by atoms with Crippen LogP contribution in [0.3, 0.4) is 0 Å². The predicted octanol–water partition coefficient (Wildman–Crippen LogP) is 2.62. The van der Waals surface area contributed by atoms with Gasteiger partial charge in [0.2, 0.25) is 5.91 Å². The summed E-state index contributed by atoms with van der Waals surface area (Å²) in [6.07, 6.45) is -4.63. The molecule has 1 aromatic rings. The average Bonchev–Trinajstić information content (AvgIpc) is 2.37. The molecule has 7 heteroatoms. The van der Waals surface area contributed by atoms with E-state index in [0.29, 0.717) is 0 Å². The van der Waals surface area contributed by atoms with Crippen LogP contribution >= 0.6 is 0 Å². The Balaban J connectivity index is 2.83. The van der Waals surface area contributed by atoms with Crippen LogP contribution in [0.5, 0.6) is 0 Å². The molecule has 1 aromatic carbocycles. The smallest absolute Gasteiger partial charge is 0.416 e. The highest BCUT2D eigenvalue weighted by atomic mass is 19.4. The molecule has 4 nitrogen and oxygen atoms in total. The summed E-state index contributed by atoms with van der Waals surface area (Å²) < 4.78 is 37.7. The molecule has 116 valence electrons. The van der Waals surface area contributed by atoms with Crippen LogP contribution in [0.2, 0.25) is 0 Å². The molecule has 0 fully saturated rings. The molecule has 0 radical (unpaired) electrons. The molecule has 1 unspecified atom stereocenters. The molecule has 0 aliphatic heterocycles. The van der Waals surface area contributed by atoms with Gasteiger partial charge in [-0.15, -0.1) is 0 Å². The second-order valence-corrected chi connectivity index (χ2v) is 4.91. The van der Waals surface area contributed by atoms with Gasteiger partial charge < -0.3 is 10.4 Å². The first-order chi connectivity index (χ1) is 9.58. The van der Waals surface area contributed by atoms with Gasteiger partial charge in [-0.3, -0.25) is 4.79 Å². The van der Waals surface area contributed by atoms with Crippen molar-refractivity contribution in [2.75, 3.05) is 0 Å². The minimum atomic E-state index is -4.48. The van der Waals surface area contributed by atoms with Crippen molar-refractivity contribution in [3.05, 3.63) is 35.4 Å². The highest BCUT2D eigenvalue weighted by Gasteiger charge is 2.33. The third-order valence-corrected chi connectivity index (χ3v) is 3.21. The number of carboxylic acid groups (broad SMARTS) is 1. The lowest BCUT2D eigenvalue weighted by Crippen LogP contribution is -2.52. The summed E-state index contributed by atoms with van der Waals surface area (Å²) >= 11 is 0. The fourth-order valence-corrected chi connectivity index (χ4v) is 1.69. The standard InChI is InChI=1S/C14H16F3NO3/c1-3-13(2,12(20)21)18-11(19)8-9-5-4-6-10(7-9)14(15,16)17/h4-7H,3,8H2,1-2H3,(H,18,19)(H,20,21). The van der Waals surface area contributed by atoms with Gasteiger partial charge in [0.1, 0.15) is 5.54 Å². The lowest BCUT2D eigenvalue weighted by molar-refractivity contribution is -0.146. The molecule has 0 saturated heterocycles. The predicted molar refractivity (Wildman–Crippen MR) is 69.6 cm³/mol. The van der Waals surface area contributed by atoms with Gasteiger partial charge in [0.25, 0.3) is 0 Å². The number of carbonyl (C=O) groups excluding carboxylic acids is 1. The Morgan fingerprint density at radius 2 is 1.90 bits per heavy atom.